The number of carbonyl (C=O) groups excluding carboxylic acids is 1. The van der Waals surface area contributed by atoms with Crippen molar-refractivity contribution in [3.05, 3.63) is 64.7 Å². The number of hydrogen-bond acceptors (Lipinski definition) is 4. The highest BCUT2D eigenvalue weighted by Crippen LogP contribution is 2.22. The molecule has 0 heterocycles. The predicted octanol–water partition coefficient (Wildman–Crippen LogP) is 4.18. The minimum atomic E-state index is -0.851. The smallest absolute Gasteiger partial charge is 0.284 e. The Morgan fingerprint density at radius 1 is 1.07 bits per heavy atom. The fraction of sp³-hybridized carbons (Fsp3) is 0.409. The van der Waals surface area contributed by atoms with E-state index in [9.17, 15) is 13.6 Å². The van der Waals surface area contributed by atoms with Gasteiger partial charge in [-0.25, -0.2) is 14.3 Å². The maximum Gasteiger partial charge on any atom is 0.284 e. The Labute approximate surface area is 170 Å². The molecule has 0 aliphatic heterocycles. The lowest BCUT2D eigenvalue weighted by Gasteiger charge is -2.18. The van der Waals surface area contributed by atoms with E-state index in [1.54, 1.807) is 43.6 Å². The minimum absolute atomic E-state index is 0.247. The molecule has 0 fully saturated rings. The van der Waals surface area contributed by atoms with E-state index in [4.69, 9.17) is 9.94 Å². The van der Waals surface area contributed by atoms with Gasteiger partial charge in [-0.05, 0) is 80.6 Å². The molecule has 0 aromatic heterocycles. The summed E-state index contributed by atoms with van der Waals surface area (Å²) in [6.07, 6.45) is 2.09. The molecule has 7 heteroatoms. The normalized spacial score (nSPS) is 11.9. The average molecular weight is 406 g/mol. The van der Waals surface area contributed by atoms with E-state index in [1.165, 1.54) is 12.1 Å². The van der Waals surface area contributed by atoms with Crippen molar-refractivity contribution in [3.8, 4) is 5.75 Å². The Balaban J connectivity index is 1.73. The Kier molecular flexibility index (Phi) is 9.02. The summed E-state index contributed by atoms with van der Waals surface area (Å²) in [5, 5.41) is 12.3. The average Bonchev–Trinajstić information content (AvgIpc) is 2.71. The second kappa shape index (κ2) is 11.5. The third-order valence-electron chi connectivity index (χ3n) is 4.65. The number of halogens is 2. The van der Waals surface area contributed by atoms with Crippen LogP contribution in [-0.2, 0) is 11.3 Å². The van der Waals surface area contributed by atoms with E-state index >= 15 is 0 Å². The zero-order valence-electron chi connectivity index (χ0n) is 16.8. The summed E-state index contributed by atoms with van der Waals surface area (Å²) in [6.45, 7) is 4.73. The van der Waals surface area contributed by atoms with Gasteiger partial charge in [-0.3, -0.25) is 10.0 Å². The highest BCUT2D eigenvalue weighted by Gasteiger charge is 2.20. The van der Waals surface area contributed by atoms with Gasteiger partial charge in [0.05, 0.1) is 0 Å². The Bertz CT molecular complexity index is 774. The van der Waals surface area contributed by atoms with Crippen molar-refractivity contribution in [3.63, 3.8) is 0 Å². The Morgan fingerprint density at radius 2 is 1.72 bits per heavy atom. The van der Waals surface area contributed by atoms with Gasteiger partial charge in [0.1, 0.15) is 17.4 Å². The summed E-state index contributed by atoms with van der Waals surface area (Å²) in [6, 6.07) is 9.45. The second-order valence-electron chi connectivity index (χ2n) is 7.11. The number of aryl methyl sites for hydroxylation is 2. The molecule has 0 aliphatic carbocycles. The molecule has 5 nitrogen and oxygen atoms in total. The van der Waals surface area contributed by atoms with Crippen molar-refractivity contribution in [2.45, 2.75) is 52.2 Å². The van der Waals surface area contributed by atoms with E-state index in [1.807, 2.05) is 0 Å². The molecule has 0 aliphatic rings. The fourth-order valence-electron chi connectivity index (χ4n) is 3.05. The molecule has 3 N–H and O–H groups in total. The number of hydroxylamine groups is 1. The molecule has 29 heavy (non-hydrogen) atoms. The van der Waals surface area contributed by atoms with Crippen molar-refractivity contribution >= 4 is 5.91 Å². The van der Waals surface area contributed by atoms with Crippen LogP contribution < -0.4 is 15.5 Å². The second-order valence-corrected chi connectivity index (χ2v) is 7.11. The van der Waals surface area contributed by atoms with E-state index in [0.717, 1.165) is 31.4 Å². The first-order valence-electron chi connectivity index (χ1n) is 9.73. The zero-order valence-corrected chi connectivity index (χ0v) is 16.8. The molecule has 0 saturated heterocycles. The van der Waals surface area contributed by atoms with Crippen molar-refractivity contribution in [2.75, 3.05) is 6.54 Å². The highest BCUT2D eigenvalue weighted by molar-refractivity contribution is 5.79. The van der Waals surface area contributed by atoms with Crippen molar-refractivity contribution in [1.29, 1.82) is 0 Å². The molecule has 1 amide bonds. The summed E-state index contributed by atoms with van der Waals surface area (Å²) in [7, 11) is 0. The summed E-state index contributed by atoms with van der Waals surface area (Å²) < 4.78 is 32.3. The van der Waals surface area contributed by atoms with Crippen molar-refractivity contribution < 1.29 is 23.5 Å². The molecule has 0 unspecified atom stereocenters. The summed E-state index contributed by atoms with van der Waals surface area (Å²) in [5.41, 5.74) is 3.53. The first-order chi connectivity index (χ1) is 13.9. The molecular weight excluding hydrogens is 378 g/mol. The number of nitrogens with one attached hydrogen (secondary N) is 2. The molecule has 2 rings (SSSR count). The number of unbranched alkanes of at least 4 members (excludes halogenated alkanes) is 2. The zero-order chi connectivity index (χ0) is 21.2. The fourth-order valence-corrected chi connectivity index (χ4v) is 3.05. The van der Waals surface area contributed by atoms with Crippen molar-refractivity contribution in [2.24, 2.45) is 0 Å². The number of carbonyl (C=O) groups is 1. The first kappa shape index (κ1) is 22.8. The molecule has 0 saturated carbocycles. The van der Waals surface area contributed by atoms with Gasteiger partial charge in [0.25, 0.3) is 5.91 Å². The quantitative estimate of drug-likeness (QED) is 0.297. The van der Waals surface area contributed by atoms with Crippen LogP contribution in [0.15, 0.2) is 36.4 Å². The topological polar surface area (TPSA) is 70.6 Å². The van der Waals surface area contributed by atoms with Crippen LogP contribution in [0.2, 0.25) is 0 Å². The molecule has 0 spiro atoms. The number of amides is 1. The highest BCUT2D eigenvalue weighted by atomic mass is 19.1. The van der Waals surface area contributed by atoms with Gasteiger partial charge < -0.3 is 10.1 Å². The van der Waals surface area contributed by atoms with Crippen LogP contribution in [0.3, 0.4) is 0 Å². The third kappa shape index (κ3) is 7.44. The summed E-state index contributed by atoms with van der Waals surface area (Å²) in [4.78, 5) is 11.9. The number of rotatable bonds is 11. The molecule has 2 aromatic carbocycles. The molecule has 158 valence electrons. The Hall–Kier alpha value is -2.51. The van der Waals surface area contributed by atoms with Gasteiger partial charge in [-0.1, -0.05) is 18.6 Å². The van der Waals surface area contributed by atoms with E-state index in [2.05, 4.69) is 5.32 Å². The lowest BCUT2D eigenvalue weighted by atomic mass is 10.1. The maximum atomic E-state index is 13.8. The Morgan fingerprint density at radius 3 is 2.34 bits per heavy atom. The van der Waals surface area contributed by atoms with Gasteiger partial charge >= 0.3 is 0 Å². The van der Waals surface area contributed by atoms with E-state index in [0.29, 0.717) is 29.8 Å². The molecular formula is C22H28F2N2O3. The van der Waals surface area contributed by atoms with Crippen LogP contribution in [-0.4, -0.2) is 23.8 Å². The monoisotopic (exact) mass is 406 g/mol. The number of hydrogen-bond donors (Lipinski definition) is 3. The van der Waals surface area contributed by atoms with Gasteiger partial charge in [0.2, 0.25) is 0 Å². The largest absolute Gasteiger partial charge is 0.481 e. The third-order valence-corrected chi connectivity index (χ3v) is 4.65. The SMILES string of the molecule is Cc1cc(O[C@H](CCCCCNCc2ccc(F)cc2)C(=O)NO)cc(C)c1F. The summed E-state index contributed by atoms with van der Waals surface area (Å²) in [5.74, 6) is -0.771. The van der Waals surface area contributed by atoms with Crippen LogP contribution in [0.4, 0.5) is 8.78 Å². The molecule has 1 atom stereocenters. The summed E-state index contributed by atoms with van der Waals surface area (Å²) >= 11 is 0. The lowest BCUT2D eigenvalue weighted by molar-refractivity contribution is -0.136. The standard InChI is InChI=1S/C22H28F2N2O3/c1-15-12-19(13-16(2)21(15)24)29-20(22(27)26-28)6-4-3-5-11-25-14-17-7-9-18(23)10-8-17/h7-10,12-13,20,25,28H,3-6,11,14H2,1-2H3,(H,26,27)/t20-/m1/s1. The number of ether oxygens (including phenoxy) is 1. The van der Waals surface area contributed by atoms with Gasteiger partial charge in [0.15, 0.2) is 6.10 Å². The van der Waals surface area contributed by atoms with Gasteiger partial charge in [0, 0.05) is 6.54 Å². The first-order valence-corrected chi connectivity index (χ1v) is 9.73. The minimum Gasteiger partial charge on any atom is -0.481 e. The van der Waals surface area contributed by atoms with E-state index < -0.39 is 12.0 Å². The van der Waals surface area contributed by atoms with Crippen LogP contribution in [0, 0.1) is 25.5 Å². The lowest BCUT2D eigenvalue weighted by Crippen LogP contribution is -2.36. The molecule has 0 bridgehead atoms. The molecule has 0 radical (unpaired) electrons. The number of benzene rings is 2. The predicted molar refractivity (Wildman–Crippen MR) is 107 cm³/mol. The van der Waals surface area contributed by atoms with Crippen LogP contribution in [0.1, 0.15) is 42.4 Å². The van der Waals surface area contributed by atoms with E-state index in [-0.39, 0.29) is 11.6 Å². The van der Waals surface area contributed by atoms with Gasteiger partial charge in [-0.15, -0.1) is 0 Å². The van der Waals surface area contributed by atoms with Gasteiger partial charge in [-0.2, -0.15) is 0 Å². The van der Waals surface area contributed by atoms with Crippen LogP contribution >= 0.6 is 0 Å². The van der Waals surface area contributed by atoms with Crippen LogP contribution in [0.5, 0.6) is 5.75 Å². The molecule has 2 aromatic rings. The van der Waals surface area contributed by atoms with Crippen molar-refractivity contribution in [1.82, 2.24) is 10.8 Å². The van der Waals surface area contributed by atoms with Crippen LogP contribution in [0.25, 0.3) is 0 Å². The maximum absolute atomic E-state index is 13.8.